The van der Waals surface area contributed by atoms with E-state index in [-0.39, 0.29) is 53.2 Å². The van der Waals surface area contributed by atoms with Crippen molar-refractivity contribution in [3.63, 3.8) is 0 Å². The summed E-state index contributed by atoms with van der Waals surface area (Å²) in [5.74, 6) is -0.970. The summed E-state index contributed by atoms with van der Waals surface area (Å²) in [6.07, 6.45) is 3.46. The Bertz CT molecular complexity index is 3400. The van der Waals surface area contributed by atoms with E-state index in [1.54, 1.807) is 60.8 Å². The van der Waals surface area contributed by atoms with Crippen molar-refractivity contribution in [1.82, 2.24) is 9.97 Å². The van der Waals surface area contributed by atoms with Gasteiger partial charge in [-0.1, -0.05) is 134 Å². The van der Waals surface area contributed by atoms with Crippen molar-refractivity contribution in [2.75, 3.05) is 0 Å². The number of hydrogen-bond donors (Lipinski definition) is 0. The Morgan fingerprint density at radius 1 is 0.698 bits per heavy atom. The number of pyridine rings is 2. The molecule has 1 aliphatic carbocycles. The number of fused-ring (bicyclic) bond motifs is 3. The smallest absolute Gasteiger partial charge is 0.144 e. The molecule has 3 nitrogen and oxygen atoms in total. The Morgan fingerprint density at radius 2 is 1.38 bits per heavy atom. The molecule has 0 atom stereocenters. The van der Waals surface area contributed by atoms with E-state index in [1.165, 1.54) is 24.4 Å². The Hall–Kier alpha value is -5.15. The van der Waals surface area contributed by atoms with Gasteiger partial charge in [0.25, 0.3) is 0 Å². The van der Waals surface area contributed by atoms with Gasteiger partial charge in [0.1, 0.15) is 11.2 Å². The first-order valence-corrected chi connectivity index (χ1v) is 21.1. The monoisotopic (exact) mass is 1020 g/mol. The summed E-state index contributed by atoms with van der Waals surface area (Å²) in [6, 6.07) is 35.6. The maximum absolute atomic E-state index is 9.63. The van der Waals surface area contributed by atoms with Gasteiger partial charge in [-0.15, -0.1) is 35.4 Å². The molecular formula is C59H63IrN2O-. The van der Waals surface area contributed by atoms with E-state index in [4.69, 9.17) is 23.6 Å². The van der Waals surface area contributed by atoms with Crippen LogP contribution >= 0.6 is 0 Å². The fraction of sp³-hybridized carbons (Fsp3) is 0.322. The van der Waals surface area contributed by atoms with Crippen molar-refractivity contribution in [1.29, 1.82) is 0 Å². The number of rotatable bonds is 6. The molecule has 3 heterocycles. The largest absolute Gasteiger partial charge is 0.455 e. The van der Waals surface area contributed by atoms with Crippen LogP contribution in [0.5, 0.6) is 0 Å². The van der Waals surface area contributed by atoms with Gasteiger partial charge in [-0.05, 0) is 137 Å². The van der Waals surface area contributed by atoms with Gasteiger partial charge in [-0.2, -0.15) is 0 Å². The minimum absolute atomic E-state index is 0. The average molecular weight is 1020 g/mol. The molecule has 4 heteroatoms. The average Bonchev–Trinajstić information content (AvgIpc) is 3.76. The normalized spacial score (nSPS) is 19.9. The summed E-state index contributed by atoms with van der Waals surface area (Å²) in [5.41, 5.74) is 6.18. The molecule has 1 aliphatic rings. The SMILES string of the molecule is [2H]C([2H])([2H])c1c[c-]c(-c2ccc(C([2H])([2H])[2H])cn2)cc1.[2H]C([2H])([2H])c1cc(C2([2H])CC(C)(C)CC(C)(C)C2)ccc1-c1ccc(-c2cccc3c2oc2c(-c4cc(C([2H])([2H])C(C)(C)C)ccn4)cccc23)c(C([2H])([2H])[2H])c1.[Ir]. The van der Waals surface area contributed by atoms with Crippen LogP contribution < -0.4 is 0 Å². The fourth-order valence-corrected chi connectivity index (χ4v) is 9.26. The van der Waals surface area contributed by atoms with E-state index in [1.807, 2.05) is 63.2 Å². The molecule has 0 aliphatic heterocycles. The van der Waals surface area contributed by atoms with Crippen LogP contribution in [0, 0.1) is 49.7 Å². The van der Waals surface area contributed by atoms with Crippen LogP contribution in [-0.4, -0.2) is 9.97 Å². The van der Waals surface area contributed by atoms with Gasteiger partial charge < -0.3 is 9.40 Å². The molecule has 0 amide bonds. The first-order valence-electron chi connectivity index (χ1n) is 28.6. The Morgan fingerprint density at radius 3 is 2.03 bits per heavy atom. The standard InChI is InChI=1S/C46H51NO.C13H12N.Ir/c1-29-22-32(34-26-45(6,7)28-46(8,9)27-34)16-18-35(29)33-17-19-36(30(2)23-33)37-12-10-13-38-39-14-11-15-40(43(39)48-42(37)38)41-24-31(20-21-47-41)25-44(3,4)5;1-10-3-6-12(7-4-10)13-8-5-11(2)9-14-13;/h10-24,34H,25-28H2,1-9H3;3-6,8-9H,1-2H3;/q;-1;/i1D3,2D3,25D2,34D;1D3,2D3;. The molecule has 5 aromatic carbocycles. The maximum atomic E-state index is 9.63. The number of para-hydroxylation sites is 2. The molecule has 325 valence electrons. The van der Waals surface area contributed by atoms with Crippen LogP contribution in [0.2, 0.25) is 0 Å². The van der Waals surface area contributed by atoms with E-state index < -0.39 is 45.1 Å². The molecule has 3 aromatic heterocycles. The van der Waals surface area contributed by atoms with Crippen LogP contribution in [0.15, 0.2) is 132 Å². The number of aromatic nitrogens is 2. The van der Waals surface area contributed by atoms with Gasteiger partial charge >= 0.3 is 0 Å². The zero-order valence-electron chi connectivity index (χ0n) is 51.9. The van der Waals surface area contributed by atoms with E-state index >= 15 is 0 Å². The van der Waals surface area contributed by atoms with Crippen molar-refractivity contribution < 1.29 is 45.1 Å². The predicted octanol–water partition coefficient (Wildman–Crippen LogP) is 16.7. The van der Waals surface area contributed by atoms with Crippen molar-refractivity contribution in [3.8, 4) is 44.8 Å². The Kier molecular flexibility index (Phi) is 8.66. The number of furan rings is 1. The number of hydrogen-bond acceptors (Lipinski definition) is 3. The van der Waals surface area contributed by atoms with Gasteiger partial charge in [0.05, 0.1) is 5.69 Å². The van der Waals surface area contributed by atoms with Gasteiger partial charge in [-0.3, -0.25) is 4.98 Å². The van der Waals surface area contributed by atoms with Gasteiger partial charge in [0.15, 0.2) is 0 Å². The summed E-state index contributed by atoms with van der Waals surface area (Å²) >= 11 is 0. The van der Waals surface area contributed by atoms with E-state index in [0.29, 0.717) is 79.9 Å². The van der Waals surface area contributed by atoms with Crippen LogP contribution in [0.4, 0.5) is 0 Å². The molecule has 0 saturated heterocycles. The molecule has 0 unspecified atom stereocenters. The van der Waals surface area contributed by atoms with Gasteiger partial charge in [0, 0.05) is 75.0 Å². The molecule has 1 saturated carbocycles. The molecule has 63 heavy (non-hydrogen) atoms. The predicted molar refractivity (Wildman–Crippen MR) is 263 cm³/mol. The first-order chi connectivity index (χ1) is 35.4. The Balaban J connectivity index is 0.000000353. The molecule has 0 bridgehead atoms. The minimum Gasteiger partial charge on any atom is -0.455 e. The number of aryl methyl sites for hydroxylation is 4. The second-order valence-corrected chi connectivity index (χ2v) is 19.2. The third-order valence-corrected chi connectivity index (χ3v) is 11.3. The molecule has 1 fully saturated rings. The van der Waals surface area contributed by atoms with Crippen LogP contribution in [0.1, 0.15) is 128 Å². The first kappa shape index (κ1) is 30.1. The third kappa shape index (κ3) is 10.5. The molecule has 1 radical (unpaired) electrons. The summed E-state index contributed by atoms with van der Waals surface area (Å²) < 4.78 is 129. The summed E-state index contributed by atoms with van der Waals surface area (Å²) in [6.45, 7) is 4.86. The maximum Gasteiger partial charge on any atom is 0.144 e. The third-order valence-electron chi connectivity index (χ3n) is 11.3. The van der Waals surface area contributed by atoms with E-state index in [2.05, 4.69) is 43.7 Å². The molecule has 8 aromatic rings. The molecule has 0 spiro atoms. The quantitative estimate of drug-likeness (QED) is 0.156. The molecular weight excluding hydrogens is 945 g/mol. The zero-order valence-corrected chi connectivity index (χ0v) is 39.3. The van der Waals surface area contributed by atoms with Crippen molar-refractivity contribution in [3.05, 3.63) is 167 Å². The van der Waals surface area contributed by atoms with Crippen LogP contribution in [0.25, 0.3) is 66.7 Å². The molecule has 0 N–H and O–H groups in total. The second kappa shape index (κ2) is 18.1. The minimum atomic E-state index is -2.56. The van der Waals surface area contributed by atoms with Crippen LogP contribution in [0.3, 0.4) is 0 Å². The number of nitrogens with zero attached hydrogens (tertiary/aromatic N) is 2. The van der Waals surface area contributed by atoms with Gasteiger partial charge in [0.2, 0.25) is 0 Å². The summed E-state index contributed by atoms with van der Waals surface area (Å²) in [7, 11) is 0. The van der Waals surface area contributed by atoms with Crippen LogP contribution in [-0.2, 0) is 26.5 Å². The zero-order chi connectivity index (χ0) is 56.7. The van der Waals surface area contributed by atoms with Gasteiger partial charge in [-0.25, -0.2) is 0 Å². The van der Waals surface area contributed by atoms with E-state index in [9.17, 15) is 1.37 Å². The number of benzene rings is 5. The van der Waals surface area contributed by atoms with E-state index in [0.717, 1.165) is 17.2 Å². The topological polar surface area (TPSA) is 38.9 Å². The summed E-state index contributed by atoms with van der Waals surface area (Å²) in [5, 5.41) is 1.59. The second-order valence-electron chi connectivity index (χ2n) is 19.2. The summed E-state index contributed by atoms with van der Waals surface area (Å²) in [4.78, 5) is 8.69. The van der Waals surface area contributed by atoms with Crippen molar-refractivity contribution >= 4 is 21.9 Å². The fourth-order valence-electron chi connectivity index (χ4n) is 9.26. The molecule has 9 rings (SSSR count). The van der Waals surface area contributed by atoms with Crippen molar-refractivity contribution in [2.24, 2.45) is 16.2 Å². The Labute approximate surface area is 411 Å². The van der Waals surface area contributed by atoms with Crippen molar-refractivity contribution in [2.45, 2.75) is 107 Å².